The Morgan fingerprint density at radius 3 is 1.76 bits per heavy atom. The Morgan fingerprint density at radius 2 is 1.22 bits per heavy atom. The van der Waals surface area contributed by atoms with Gasteiger partial charge in [-0.05, 0) is 62.8 Å². The lowest BCUT2D eigenvalue weighted by molar-refractivity contribution is -0.135. The highest BCUT2D eigenvalue weighted by Gasteiger charge is 2.34. The van der Waals surface area contributed by atoms with Gasteiger partial charge >= 0.3 is 0 Å². The van der Waals surface area contributed by atoms with Gasteiger partial charge in [0.05, 0.1) is 6.54 Å². The number of phenols is 1. The van der Waals surface area contributed by atoms with Crippen LogP contribution in [-0.4, -0.2) is 95.7 Å². The molecule has 0 aliphatic carbocycles. The first-order chi connectivity index (χ1) is 27.6. The van der Waals surface area contributed by atoms with Crippen LogP contribution in [0.3, 0.4) is 0 Å². The number of aromatic hydroxyl groups is 1. The number of rotatable bonds is 32. The van der Waals surface area contributed by atoms with Crippen LogP contribution in [0.15, 0.2) is 24.3 Å². The summed E-state index contributed by atoms with van der Waals surface area (Å²) in [5.74, 6) is -3.63. The monoisotopic (exact) mass is 834 g/mol. The molecule has 328 valence electrons. The fourth-order valence-corrected chi connectivity index (χ4v) is 6.75. The summed E-state index contributed by atoms with van der Waals surface area (Å²) in [6.45, 7) is 4.66. The summed E-state index contributed by atoms with van der Waals surface area (Å²) in [5, 5.41) is 25.3. The number of thioether (sulfide) groups is 1. The Bertz CT molecular complexity index is 1430. The Kier molecular flexibility index (Phi) is 26.6. The number of nitrogens with one attached hydrogen (secondary N) is 6. The molecule has 0 bridgehead atoms. The zero-order valence-corrected chi connectivity index (χ0v) is 36.3. The van der Waals surface area contributed by atoms with Crippen molar-refractivity contribution in [3.8, 4) is 5.75 Å². The van der Waals surface area contributed by atoms with Gasteiger partial charge in [0.25, 0.3) is 0 Å². The summed E-state index contributed by atoms with van der Waals surface area (Å²) < 4.78 is 0. The average molecular weight is 834 g/mol. The molecular formula is C42H71N7O8S. The van der Waals surface area contributed by atoms with Crippen LogP contribution >= 0.6 is 11.8 Å². The molecule has 0 aliphatic heterocycles. The molecule has 16 heteroatoms. The van der Waals surface area contributed by atoms with Crippen LogP contribution in [0.5, 0.6) is 5.75 Å². The van der Waals surface area contributed by atoms with Gasteiger partial charge in [0.1, 0.15) is 29.4 Å². The van der Waals surface area contributed by atoms with E-state index >= 15 is 0 Å². The number of likely N-dealkylation sites (N-methyl/N-ethyl adjacent to an activating group) is 1. The second-order valence-corrected chi connectivity index (χ2v) is 16.3. The van der Waals surface area contributed by atoms with Crippen LogP contribution in [0.1, 0.15) is 135 Å². The minimum atomic E-state index is -1.36. The molecule has 1 rings (SSSR count). The molecule has 0 heterocycles. The van der Waals surface area contributed by atoms with Crippen LogP contribution in [0.2, 0.25) is 0 Å². The molecule has 1 aromatic rings. The maximum atomic E-state index is 13.7. The van der Waals surface area contributed by atoms with Gasteiger partial charge in [-0.1, -0.05) is 96.1 Å². The minimum absolute atomic E-state index is 0.00844. The number of carbonyl (C=O) groups is 7. The second kappa shape index (κ2) is 29.8. The number of unbranched alkanes of at least 4 members (excludes halogenated alkanes) is 12. The Labute approximate surface area is 349 Å². The van der Waals surface area contributed by atoms with Gasteiger partial charge < -0.3 is 42.7 Å². The maximum absolute atomic E-state index is 13.7. The van der Waals surface area contributed by atoms with Crippen molar-refractivity contribution < 1.29 is 38.7 Å². The second-order valence-electron chi connectivity index (χ2n) is 15.4. The smallest absolute Gasteiger partial charge is 0.244 e. The van der Waals surface area contributed by atoms with Gasteiger partial charge in [-0.3, -0.25) is 33.6 Å². The third kappa shape index (κ3) is 23.2. The fraction of sp³-hybridized carbons (Fsp3) is 0.690. The number of amides is 7. The fourth-order valence-electron chi connectivity index (χ4n) is 6.28. The number of phenolic OH excluding ortho intramolecular Hbond substituents is 1. The lowest BCUT2D eigenvalue weighted by Gasteiger charge is -2.28. The Balaban J connectivity index is 2.82. The van der Waals surface area contributed by atoms with E-state index in [4.69, 9.17) is 5.73 Å². The molecule has 0 aliphatic rings. The molecule has 9 N–H and O–H groups in total. The summed E-state index contributed by atoms with van der Waals surface area (Å²) in [5.41, 5.74) is 4.52. The van der Waals surface area contributed by atoms with E-state index in [9.17, 15) is 38.7 Å². The van der Waals surface area contributed by atoms with Crippen LogP contribution in [0.25, 0.3) is 0 Å². The van der Waals surface area contributed by atoms with E-state index in [1.165, 1.54) is 103 Å². The van der Waals surface area contributed by atoms with Crippen molar-refractivity contribution in [2.45, 2.75) is 160 Å². The maximum Gasteiger partial charge on any atom is 0.244 e. The summed E-state index contributed by atoms with van der Waals surface area (Å²) in [7, 11) is 1.41. The highest BCUT2D eigenvalue weighted by atomic mass is 32.2. The first-order valence-corrected chi connectivity index (χ1v) is 22.3. The molecule has 15 nitrogen and oxygen atoms in total. The SMILES string of the molecule is CCCCCCCCCCCCCCCC(=O)N[C@@H](CCSC)C(=O)NCC(=O)N[C@@H](Cc1ccc(O)cc1)C(=O)N[C@@H](CCC(N)=O)C(=O)NC(C)(C)C(=O)NC. The van der Waals surface area contributed by atoms with Crippen molar-refractivity contribution in [3.63, 3.8) is 0 Å². The van der Waals surface area contributed by atoms with Gasteiger partial charge in [-0.15, -0.1) is 0 Å². The zero-order chi connectivity index (χ0) is 43.3. The third-order valence-corrected chi connectivity index (χ3v) is 10.4. The molecule has 3 atom stereocenters. The summed E-state index contributed by atoms with van der Waals surface area (Å²) in [6.07, 6.45) is 17.6. The lowest BCUT2D eigenvalue weighted by Crippen LogP contribution is -2.60. The van der Waals surface area contributed by atoms with Crippen LogP contribution < -0.4 is 37.6 Å². The molecule has 0 saturated carbocycles. The standard InChI is InChI=1S/C42H71N7O8S/c1-6-7-8-9-10-11-12-13-14-15-16-17-18-19-36(52)46-33(26-27-58-5)38(54)45-29-37(53)47-34(28-30-20-22-31(50)23-21-30)39(55)48-32(24-25-35(43)51)40(56)49-42(2,3)41(57)44-4/h20-23,32-34,50H,6-19,24-29H2,1-5H3,(H2,43,51)(H,44,57)(H,45,54)(H,46,52)(H,47,53)(H,48,55)(H,49,56)/t32-,33-,34-/m0/s1. The number of hydrogen-bond donors (Lipinski definition) is 8. The third-order valence-electron chi connectivity index (χ3n) is 9.76. The molecule has 1 aromatic carbocycles. The first-order valence-electron chi connectivity index (χ1n) is 20.9. The van der Waals surface area contributed by atoms with Crippen molar-refractivity contribution in [2.75, 3.05) is 25.6 Å². The molecule has 7 amide bonds. The summed E-state index contributed by atoms with van der Waals surface area (Å²) >= 11 is 1.52. The quantitative estimate of drug-likeness (QED) is 0.0494. The van der Waals surface area contributed by atoms with Crippen molar-refractivity contribution in [3.05, 3.63) is 29.8 Å². The molecule has 0 saturated heterocycles. The van der Waals surface area contributed by atoms with E-state index < -0.39 is 65.7 Å². The van der Waals surface area contributed by atoms with E-state index in [1.54, 1.807) is 12.1 Å². The highest BCUT2D eigenvalue weighted by Crippen LogP contribution is 2.15. The Hall–Kier alpha value is -4.34. The van der Waals surface area contributed by atoms with Gasteiger partial charge in [0.2, 0.25) is 41.4 Å². The Morgan fingerprint density at radius 1 is 0.690 bits per heavy atom. The summed E-state index contributed by atoms with van der Waals surface area (Å²) in [4.78, 5) is 90.2. The first kappa shape index (κ1) is 51.7. The van der Waals surface area contributed by atoms with Crippen molar-refractivity contribution in [1.29, 1.82) is 0 Å². The molecule has 0 aromatic heterocycles. The molecule has 0 radical (unpaired) electrons. The number of hydrogen-bond acceptors (Lipinski definition) is 9. The van der Waals surface area contributed by atoms with Crippen LogP contribution in [-0.2, 0) is 40.0 Å². The van der Waals surface area contributed by atoms with Crippen LogP contribution in [0, 0.1) is 0 Å². The molecular weight excluding hydrogens is 763 g/mol. The van der Waals surface area contributed by atoms with Gasteiger partial charge in [0.15, 0.2) is 0 Å². The predicted molar refractivity (Wildman–Crippen MR) is 229 cm³/mol. The predicted octanol–water partition coefficient (Wildman–Crippen LogP) is 3.65. The van der Waals surface area contributed by atoms with Crippen molar-refractivity contribution in [1.82, 2.24) is 31.9 Å². The topological polar surface area (TPSA) is 238 Å². The average Bonchev–Trinajstić information content (AvgIpc) is 3.18. The van der Waals surface area contributed by atoms with Gasteiger partial charge in [-0.2, -0.15) is 11.8 Å². The molecule has 0 fully saturated rings. The number of carbonyl (C=O) groups excluding carboxylic acids is 7. The van der Waals surface area contributed by atoms with E-state index in [0.29, 0.717) is 24.2 Å². The zero-order valence-electron chi connectivity index (χ0n) is 35.5. The number of nitrogens with two attached hydrogens (primary N) is 1. The van der Waals surface area contributed by atoms with E-state index in [0.717, 1.165) is 25.7 Å². The minimum Gasteiger partial charge on any atom is -0.508 e. The number of primary amides is 1. The molecule has 0 unspecified atom stereocenters. The lowest BCUT2D eigenvalue weighted by atomic mass is 10.0. The van der Waals surface area contributed by atoms with Crippen molar-refractivity contribution in [2.24, 2.45) is 5.73 Å². The van der Waals surface area contributed by atoms with Crippen molar-refractivity contribution >= 4 is 53.1 Å². The van der Waals surface area contributed by atoms with E-state index in [-0.39, 0.29) is 30.9 Å². The number of benzene rings is 1. The molecule has 0 spiro atoms. The van der Waals surface area contributed by atoms with E-state index in [2.05, 4.69) is 38.8 Å². The molecule has 58 heavy (non-hydrogen) atoms. The highest BCUT2D eigenvalue weighted by molar-refractivity contribution is 7.98. The van der Waals surface area contributed by atoms with Gasteiger partial charge in [0, 0.05) is 26.3 Å². The van der Waals surface area contributed by atoms with Crippen LogP contribution in [0.4, 0.5) is 0 Å². The van der Waals surface area contributed by atoms with Gasteiger partial charge in [-0.25, -0.2) is 0 Å². The largest absolute Gasteiger partial charge is 0.508 e. The normalized spacial score (nSPS) is 12.7. The van der Waals surface area contributed by atoms with E-state index in [1.807, 2.05) is 6.26 Å². The summed E-state index contributed by atoms with van der Waals surface area (Å²) in [6, 6.07) is 2.53.